The average Bonchev–Trinajstić information content (AvgIpc) is 2.74. The van der Waals surface area contributed by atoms with E-state index in [0.717, 1.165) is 0 Å². The van der Waals surface area contributed by atoms with Crippen molar-refractivity contribution in [1.29, 1.82) is 0 Å². The van der Waals surface area contributed by atoms with E-state index in [0.29, 0.717) is 11.3 Å². The summed E-state index contributed by atoms with van der Waals surface area (Å²) in [6.07, 6.45) is -1.19. The predicted octanol–water partition coefficient (Wildman–Crippen LogP) is -2.51. The number of anilines is 1. The molecule has 0 saturated heterocycles. The molecule has 116 valence electrons. The molecule has 0 radical (unpaired) electrons. The van der Waals surface area contributed by atoms with Crippen LogP contribution in [-0.2, 0) is 19.2 Å². The fourth-order valence-electron chi connectivity index (χ4n) is 2.28. The number of hydrogen-bond donors (Lipinski definition) is 2. The van der Waals surface area contributed by atoms with Crippen LogP contribution in [0.25, 0.3) is 0 Å². The Balaban J connectivity index is 2.04. The van der Waals surface area contributed by atoms with Gasteiger partial charge in [0, 0.05) is 24.5 Å². The predicted molar refractivity (Wildman–Crippen MR) is 69.0 cm³/mol. The highest BCUT2D eigenvalue weighted by atomic mass is 16.4. The van der Waals surface area contributed by atoms with Crippen LogP contribution in [-0.4, -0.2) is 29.8 Å². The minimum absolute atomic E-state index is 0.292. The molecule has 0 fully saturated rings. The molecule has 0 aliphatic carbocycles. The second-order valence-electron chi connectivity index (χ2n) is 4.85. The Kier molecular flexibility index (Phi) is 4.40. The molecule has 0 saturated carbocycles. The Morgan fingerprint density at radius 2 is 1.91 bits per heavy atom. The van der Waals surface area contributed by atoms with Gasteiger partial charge < -0.3 is 30.4 Å². The van der Waals surface area contributed by atoms with Crippen molar-refractivity contribution >= 4 is 29.4 Å². The maximum absolute atomic E-state index is 11.9. The highest BCUT2D eigenvalue weighted by molar-refractivity contribution is 6.05. The van der Waals surface area contributed by atoms with E-state index < -0.39 is 36.2 Å². The van der Waals surface area contributed by atoms with Crippen molar-refractivity contribution in [3.8, 4) is 0 Å². The van der Waals surface area contributed by atoms with Gasteiger partial charge in [0.05, 0.1) is 17.9 Å². The van der Waals surface area contributed by atoms with Gasteiger partial charge in [-0.05, 0) is 11.6 Å². The van der Waals surface area contributed by atoms with E-state index in [1.807, 2.05) is 5.32 Å². The van der Waals surface area contributed by atoms with Crippen LogP contribution in [0.3, 0.4) is 0 Å². The van der Waals surface area contributed by atoms with Crippen LogP contribution < -0.4 is 20.8 Å². The minimum Gasteiger partial charge on any atom is -0.550 e. The zero-order chi connectivity index (χ0) is 16.3. The van der Waals surface area contributed by atoms with Crippen molar-refractivity contribution in [1.82, 2.24) is 5.32 Å². The zero-order valence-electron chi connectivity index (χ0n) is 11.3. The van der Waals surface area contributed by atoms with Gasteiger partial charge in [0.1, 0.15) is 0 Å². The van der Waals surface area contributed by atoms with Crippen molar-refractivity contribution in [3.05, 3.63) is 29.8 Å². The lowest BCUT2D eigenvalue weighted by Gasteiger charge is -2.20. The summed E-state index contributed by atoms with van der Waals surface area (Å²) >= 11 is 0. The number of carboxylic acids is 2. The molecule has 1 aromatic carbocycles. The van der Waals surface area contributed by atoms with Crippen LogP contribution in [0, 0.1) is 0 Å². The first-order valence-corrected chi connectivity index (χ1v) is 6.48. The molecular weight excluding hydrogens is 292 g/mol. The van der Waals surface area contributed by atoms with Gasteiger partial charge in [0.2, 0.25) is 11.8 Å². The fraction of sp³-hybridized carbons (Fsp3) is 0.286. The van der Waals surface area contributed by atoms with E-state index in [2.05, 4.69) is 5.32 Å². The lowest BCUT2D eigenvalue weighted by Crippen LogP contribution is -2.50. The summed E-state index contributed by atoms with van der Waals surface area (Å²) in [4.78, 5) is 44.9. The Labute approximate surface area is 125 Å². The third-order valence-electron chi connectivity index (χ3n) is 3.29. The molecular formula is C14H12N2O6-2. The van der Waals surface area contributed by atoms with E-state index >= 15 is 0 Å². The summed E-state index contributed by atoms with van der Waals surface area (Å²) < 4.78 is 0. The number of carbonyl (C=O) groups excluding carboxylic acids is 4. The quantitative estimate of drug-likeness (QED) is 0.595. The number of hydrogen-bond acceptors (Lipinski definition) is 6. The van der Waals surface area contributed by atoms with Gasteiger partial charge in [-0.3, -0.25) is 9.59 Å². The number of para-hydroxylation sites is 1. The summed E-state index contributed by atoms with van der Waals surface area (Å²) in [6, 6.07) is 5.11. The van der Waals surface area contributed by atoms with Crippen molar-refractivity contribution < 1.29 is 29.4 Å². The third-order valence-corrected chi connectivity index (χ3v) is 3.29. The molecule has 1 heterocycles. The normalized spacial score (nSPS) is 17.3. The van der Waals surface area contributed by atoms with Crippen LogP contribution in [0.2, 0.25) is 0 Å². The first-order chi connectivity index (χ1) is 10.4. The van der Waals surface area contributed by atoms with Crippen LogP contribution >= 0.6 is 0 Å². The molecule has 0 spiro atoms. The number of benzene rings is 1. The molecule has 8 nitrogen and oxygen atoms in total. The van der Waals surface area contributed by atoms with Gasteiger partial charge in [0.25, 0.3) is 0 Å². The van der Waals surface area contributed by atoms with Gasteiger partial charge in [-0.1, -0.05) is 18.2 Å². The molecule has 2 rings (SSSR count). The van der Waals surface area contributed by atoms with Crippen LogP contribution in [0.15, 0.2) is 24.3 Å². The second kappa shape index (κ2) is 6.25. The molecule has 0 aromatic heterocycles. The van der Waals surface area contributed by atoms with E-state index in [1.165, 1.54) is 0 Å². The maximum atomic E-state index is 11.9. The Hall–Kier alpha value is -2.90. The van der Waals surface area contributed by atoms with Crippen molar-refractivity contribution in [2.75, 3.05) is 5.32 Å². The van der Waals surface area contributed by atoms with E-state index in [9.17, 15) is 29.4 Å². The van der Waals surface area contributed by atoms with E-state index in [4.69, 9.17) is 0 Å². The van der Waals surface area contributed by atoms with Gasteiger partial charge in [-0.2, -0.15) is 0 Å². The maximum Gasteiger partial charge on any atom is 0.232 e. The SMILES string of the molecule is O=C([O-])CC(NC(=O)CC1C(=O)Nc2ccccc21)C(=O)[O-]. The number of nitrogens with one attached hydrogen (secondary N) is 2. The molecule has 2 N–H and O–H groups in total. The topological polar surface area (TPSA) is 138 Å². The standard InChI is InChI=1S/C14H14N2O6/c17-11(15-10(14(21)22)6-12(18)19)5-8-7-3-1-2-4-9(7)16-13(8)20/h1-4,8,10H,5-6H2,(H,15,17)(H,16,20)(H,18,19)(H,21,22)/p-2. The molecule has 22 heavy (non-hydrogen) atoms. The van der Waals surface area contributed by atoms with Crippen molar-refractivity contribution in [2.24, 2.45) is 0 Å². The number of aliphatic carboxylic acids is 2. The third kappa shape index (κ3) is 3.40. The highest BCUT2D eigenvalue weighted by Crippen LogP contribution is 2.34. The lowest BCUT2D eigenvalue weighted by molar-refractivity contribution is -0.317. The minimum atomic E-state index is -1.73. The molecule has 8 heteroatoms. The molecule has 2 atom stereocenters. The van der Waals surface area contributed by atoms with Crippen LogP contribution in [0.5, 0.6) is 0 Å². The van der Waals surface area contributed by atoms with Gasteiger partial charge in [0.15, 0.2) is 0 Å². The Morgan fingerprint density at radius 1 is 1.23 bits per heavy atom. The Bertz CT molecular complexity index is 642. The molecule has 1 aliphatic rings. The van der Waals surface area contributed by atoms with Crippen molar-refractivity contribution in [2.45, 2.75) is 24.8 Å². The van der Waals surface area contributed by atoms with Crippen molar-refractivity contribution in [3.63, 3.8) is 0 Å². The number of carboxylic acid groups (broad SMARTS) is 2. The summed E-state index contributed by atoms with van der Waals surface area (Å²) in [5, 5.41) is 25.8. The largest absolute Gasteiger partial charge is 0.550 e. The molecule has 2 amide bonds. The molecule has 0 bridgehead atoms. The first-order valence-electron chi connectivity index (χ1n) is 6.48. The van der Waals surface area contributed by atoms with Crippen LogP contribution in [0.1, 0.15) is 24.3 Å². The molecule has 1 aliphatic heterocycles. The highest BCUT2D eigenvalue weighted by Gasteiger charge is 2.32. The smallest absolute Gasteiger partial charge is 0.232 e. The summed E-state index contributed by atoms with van der Waals surface area (Å²) in [5.74, 6) is -5.23. The van der Waals surface area contributed by atoms with E-state index in [1.54, 1.807) is 24.3 Å². The molecule has 1 aromatic rings. The average molecular weight is 304 g/mol. The zero-order valence-corrected chi connectivity index (χ0v) is 11.3. The monoisotopic (exact) mass is 304 g/mol. The van der Waals surface area contributed by atoms with Crippen LogP contribution in [0.4, 0.5) is 5.69 Å². The summed E-state index contributed by atoms with van der Waals surface area (Å²) in [5.41, 5.74) is 1.23. The first kappa shape index (κ1) is 15.5. The molecule has 2 unspecified atom stereocenters. The number of carbonyl (C=O) groups is 4. The van der Waals surface area contributed by atoms with E-state index in [-0.39, 0.29) is 12.3 Å². The van der Waals surface area contributed by atoms with Gasteiger partial charge in [-0.25, -0.2) is 0 Å². The number of rotatable bonds is 6. The summed E-state index contributed by atoms with van der Waals surface area (Å²) in [7, 11) is 0. The number of fused-ring (bicyclic) bond motifs is 1. The van der Waals surface area contributed by atoms with Gasteiger partial charge in [-0.15, -0.1) is 0 Å². The Morgan fingerprint density at radius 3 is 2.55 bits per heavy atom. The lowest BCUT2D eigenvalue weighted by atomic mass is 9.96. The summed E-state index contributed by atoms with van der Waals surface area (Å²) in [6.45, 7) is 0. The van der Waals surface area contributed by atoms with Gasteiger partial charge >= 0.3 is 0 Å². The second-order valence-corrected chi connectivity index (χ2v) is 4.85. The fourth-order valence-corrected chi connectivity index (χ4v) is 2.28. The number of amides is 2.